The Morgan fingerprint density at radius 1 is 0.329 bits per heavy atom. The van der Waals surface area contributed by atoms with Crippen molar-refractivity contribution in [3.63, 3.8) is 0 Å². The zero-order valence-corrected chi connectivity index (χ0v) is 48.3. The number of fused-ring (bicyclic) bond motifs is 4. The van der Waals surface area contributed by atoms with Gasteiger partial charge in [-0.2, -0.15) is 0 Å². The van der Waals surface area contributed by atoms with Gasteiger partial charge in [0.1, 0.15) is 0 Å². The molecule has 0 unspecified atom stereocenters. The Bertz CT molecular complexity index is 3130. The second kappa shape index (κ2) is 20.6. The fourth-order valence-corrected chi connectivity index (χ4v) is 12.6. The predicted molar refractivity (Wildman–Crippen MR) is 331 cm³/mol. The van der Waals surface area contributed by atoms with Gasteiger partial charge in [0, 0.05) is 45.3 Å². The molecule has 2 aliphatic heterocycles. The molecule has 2 heterocycles. The first-order valence-corrected chi connectivity index (χ1v) is 28.3. The highest BCUT2D eigenvalue weighted by atomic mass is 16.1. The zero-order valence-electron chi connectivity index (χ0n) is 48.3. The molecule has 0 radical (unpaired) electrons. The van der Waals surface area contributed by atoms with Gasteiger partial charge in [0.2, 0.25) is 13.4 Å². The SMILES string of the molecule is Cc1ccc2c(c1)B(c1c(C(C)C)cc(C(C)C)cc1C(C)C)c1cc(C)ccc1N2c1ccc(C(=O)c2ccc(N3c4ccc(C)cc4B(c4c(C(C)C)cc(C(C)C)cc4C(C)C)c4cc(C)ccc43)cc2)cc1. The molecule has 2 aliphatic rings. The third-order valence-corrected chi connectivity index (χ3v) is 16.6. The molecule has 8 aromatic rings. The number of nitrogens with zero attached hydrogens (tertiary/aromatic N) is 2. The van der Waals surface area contributed by atoms with Crippen molar-refractivity contribution in [2.45, 2.75) is 146 Å². The van der Waals surface area contributed by atoms with Crippen LogP contribution in [0.25, 0.3) is 0 Å². The number of carbonyl (C=O) groups excluding carboxylic acids is 1. The van der Waals surface area contributed by atoms with Crippen LogP contribution in [0.2, 0.25) is 0 Å². The van der Waals surface area contributed by atoms with Gasteiger partial charge < -0.3 is 9.80 Å². The van der Waals surface area contributed by atoms with Crippen LogP contribution in [0.4, 0.5) is 34.1 Å². The van der Waals surface area contributed by atoms with Gasteiger partial charge in [-0.15, -0.1) is 0 Å². The molecule has 0 aliphatic carbocycles. The number of carbonyl (C=O) groups is 1. The Kier molecular flexibility index (Phi) is 14.3. The van der Waals surface area contributed by atoms with Crippen LogP contribution in [-0.4, -0.2) is 19.2 Å². The summed E-state index contributed by atoms with van der Waals surface area (Å²) in [5.74, 6) is 2.34. The Hall–Kier alpha value is -6.84. The first-order valence-electron chi connectivity index (χ1n) is 28.3. The number of rotatable bonds is 12. The average molecular weight is 997 g/mol. The third-order valence-electron chi connectivity index (χ3n) is 16.6. The molecule has 0 aromatic heterocycles. The average Bonchev–Trinajstić information content (AvgIpc) is 3.48. The molecular formula is C71H78B2N2O. The van der Waals surface area contributed by atoms with Crippen molar-refractivity contribution in [2.24, 2.45) is 0 Å². The fraction of sp³-hybridized carbons (Fsp3) is 0.310. The van der Waals surface area contributed by atoms with Crippen molar-refractivity contribution in [1.29, 1.82) is 0 Å². The molecule has 10 rings (SSSR count). The summed E-state index contributed by atoms with van der Waals surface area (Å²) < 4.78 is 0. The van der Waals surface area contributed by atoms with E-state index in [1.165, 1.54) is 111 Å². The largest absolute Gasteiger partial charge is 0.312 e. The molecule has 5 heteroatoms. The summed E-state index contributed by atoms with van der Waals surface area (Å²) in [6, 6.07) is 54.5. The Labute approximate surface area is 457 Å². The van der Waals surface area contributed by atoms with Gasteiger partial charge >= 0.3 is 0 Å². The van der Waals surface area contributed by atoms with E-state index in [0.29, 0.717) is 46.6 Å². The smallest absolute Gasteiger partial charge is 0.247 e. The lowest BCUT2D eigenvalue weighted by molar-refractivity contribution is 0.103. The lowest BCUT2D eigenvalue weighted by atomic mass is 9.33. The molecule has 0 amide bonds. The van der Waals surface area contributed by atoms with Gasteiger partial charge in [0.25, 0.3) is 0 Å². The Morgan fingerprint density at radius 3 is 0.803 bits per heavy atom. The van der Waals surface area contributed by atoms with Gasteiger partial charge in [-0.05, 0) is 191 Å². The number of ketones is 1. The van der Waals surface area contributed by atoms with Crippen molar-refractivity contribution >= 4 is 86.1 Å². The van der Waals surface area contributed by atoms with E-state index in [1.54, 1.807) is 0 Å². The minimum Gasteiger partial charge on any atom is -0.312 e. The minimum absolute atomic E-state index is 0.00849. The van der Waals surface area contributed by atoms with Gasteiger partial charge in [0.15, 0.2) is 5.78 Å². The molecule has 384 valence electrons. The molecule has 0 atom stereocenters. The monoisotopic (exact) mass is 997 g/mol. The fourth-order valence-electron chi connectivity index (χ4n) is 12.6. The van der Waals surface area contributed by atoms with Gasteiger partial charge in [-0.1, -0.05) is 189 Å². The van der Waals surface area contributed by atoms with Crippen molar-refractivity contribution in [3.05, 3.63) is 212 Å². The number of hydrogen-bond acceptors (Lipinski definition) is 3. The highest BCUT2D eigenvalue weighted by molar-refractivity contribution is 6.99. The molecule has 8 aromatic carbocycles. The summed E-state index contributed by atoms with van der Waals surface area (Å²) >= 11 is 0. The summed E-state index contributed by atoms with van der Waals surface area (Å²) in [4.78, 5) is 19.5. The number of benzene rings is 8. The van der Waals surface area contributed by atoms with Crippen LogP contribution >= 0.6 is 0 Å². The molecule has 0 fully saturated rings. The first-order chi connectivity index (χ1) is 36.2. The summed E-state index contributed by atoms with van der Waals surface area (Å²) in [5.41, 5.74) is 29.9. The van der Waals surface area contributed by atoms with Crippen LogP contribution in [0.15, 0.2) is 146 Å². The van der Waals surface area contributed by atoms with Crippen LogP contribution in [0, 0.1) is 27.7 Å². The molecule has 0 saturated carbocycles. The second-order valence-electron chi connectivity index (χ2n) is 24.4. The van der Waals surface area contributed by atoms with E-state index in [4.69, 9.17) is 0 Å². The molecule has 0 saturated heterocycles. The summed E-state index contributed by atoms with van der Waals surface area (Å²) in [6.07, 6.45) is 0. The van der Waals surface area contributed by atoms with Crippen LogP contribution in [0.3, 0.4) is 0 Å². The van der Waals surface area contributed by atoms with E-state index in [0.717, 1.165) is 11.4 Å². The summed E-state index contributed by atoms with van der Waals surface area (Å²) in [7, 11) is 0. The maximum atomic E-state index is 14.6. The van der Waals surface area contributed by atoms with Gasteiger partial charge in [-0.25, -0.2) is 0 Å². The van der Waals surface area contributed by atoms with Crippen molar-refractivity contribution < 1.29 is 4.79 Å². The van der Waals surface area contributed by atoms with Crippen molar-refractivity contribution in [2.75, 3.05) is 9.80 Å². The minimum atomic E-state index is 0.00849. The van der Waals surface area contributed by atoms with Crippen molar-refractivity contribution in [3.8, 4) is 0 Å². The second-order valence-corrected chi connectivity index (χ2v) is 24.4. The zero-order chi connectivity index (χ0) is 54.2. The lowest BCUT2D eigenvalue weighted by Gasteiger charge is -2.39. The molecule has 0 N–H and O–H groups in total. The normalized spacial score (nSPS) is 13.1. The molecule has 76 heavy (non-hydrogen) atoms. The maximum absolute atomic E-state index is 14.6. The summed E-state index contributed by atoms with van der Waals surface area (Å²) in [5, 5.41) is 0. The lowest BCUT2D eigenvalue weighted by Crippen LogP contribution is -2.59. The Balaban J connectivity index is 1.02. The van der Waals surface area contributed by atoms with Gasteiger partial charge in [0.05, 0.1) is 0 Å². The topological polar surface area (TPSA) is 23.6 Å². The van der Waals surface area contributed by atoms with Crippen LogP contribution < -0.4 is 42.6 Å². The van der Waals surface area contributed by atoms with Crippen LogP contribution in [0.1, 0.15) is 190 Å². The summed E-state index contributed by atoms with van der Waals surface area (Å²) in [6.45, 7) is 37.1. The molecule has 3 nitrogen and oxygen atoms in total. The van der Waals surface area contributed by atoms with E-state index >= 15 is 0 Å². The number of anilines is 6. The number of hydrogen-bond donors (Lipinski definition) is 0. The number of aryl methyl sites for hydroxylation is 4. The predicted octanol–water partition coefficient (Wildman–Crippen LogP) is 15.5. The highest BCUT2D eigenvalue weighted by Crippen LogP contribution is 2.41. The van der Waals surface area contributed by atoms with E-state index < -0.39 is 0 Å². The first kappa shape index (κ1) is 52.6. The van der Waals surface area contributed by atoms with Crippen LogP contribution in [0.5, 0.6) is 0 Å². The highest BCUT2D eigenvalue weighted by Gasteiger charge is 2.41. The van der Waals surface area contributed by atoms with Gasteiger partial charge in [-0.3, -0.25) is 4.79 Å². The van der Waals surface area contributed by atoms with Crippen LogP contribution in [-0.2, 0) is 0 Å². The molecule has 0 spiro atoms. The van der Waals surface area contributed by atoms with Crippen molar-refractivity contribution in [1.82, 2.24) is 0 Å². The maximum Gasteiger partial charge on any atom is 0.247 e. The van der Waals surface area contributed by atoms with E-state index in [-0.39, 0.29) is 19.2 Å². The molecule has 0 bridgehead atoms. The standard InChI is InChI=1S/C71H78B2N2O/c1-41(2)53-37-57(43(5)6)69(58(38-53)44(7)8)72-61-33-47(13)17-29-65(61)74(66-30-18-48(14)34-62(66)72)55-25-21-51(22-26-55)71(76)52-23-27-56(28-24-52)75-67-31-19-49(15)35-63(67)73(64-36-50(16)20-32-68(64)75)70-59(45(9)10)39-54(42(3)4)40-60(70)46(11)12/h17-46H,1-16H3. The van der Waals surface area contributed by atoms with E-state index in [1.807, 2.05) is 24.3 Å². The molecular weight excluding hydrogens is 918 g/mol. The quantitative estimate of drug-likeness (QED) is 0.0900. The van der Waals surface area contributed by atoms with E-state index in [2.05, 4.69) is 242 Å². The van der Waals surface area contributed by atoms with E-state index in [9.17, 15) is 4.79 Å². The third kappa shape index (κ3) is 9.37. The Morgan fingerprint density at radius 2 is 0.579 bits per heavy atom.